The van der Waals surface area contributed by atoms with E-state index in [2.05, 4.69) is 47.6 Å². The number of nitrogens with zero attached hydrogens (tertiary/aromatic N) is 9. The quantitative estimate of drug-likeness (QED) is 0.160. The highest BCUT2D eigenvalue weighted by Crippen LogP contribution is 2.29. The second kappa shape index (κ2) is 18.3. The third-order valence-electron chi connectivity index (χ3n) is 9.66. The monoisotopic (exact) mass is 808 g/mol. The predicted molar refractivity (Wildman–Crippen MR) is 196 cm³/mol. The van der Waals surface area contributed by atoms with Gasteiger partial charge in [-0.1, -0.05) is 20.8 Å². The standard InChI is InChI=1S/C18H22FN5O.C16H18FN5O.C2HF3O2.ClH/c1-3-15-14-6-5-13(19)11-16(14)24(21-15)18-20-17(25-22-18)12-7-9-23(4-2)10-8-12;1-2-13-12-4-3-11(17)9-14(12)22(20-13)16-19-15(23-21-16)10-5-7-18-8-6-10;3-2(4,5)1(6)7;/h5-6,11-12H,3-4,7-10H2,1-2H3;3-4,9-10,18H,2,5-8H2,1H3;(H,6,7);1H. The summed E-state index contributed by atoms with van der Waals surface area (Å²) in [5.74, 6) is -0.752. The largest absolute Gasteiger partial charge is 0.490 e. The third kappa shape index (κ3) is 9.50. The molecule has 2 N–H and O–H groups in total. The van der Waals surface area contributed by atoms with Gasteiger partial charge in [0.1, 0.15) is 11.6 Å². The van der Waals surface area contributed by atoms with Crippen LogP contribution in [0.2, 0.25) is 0 Å². The summed E-state index contributed by atoms with van der Waals surface area (Å²) < 4.78 is 73.2. The van der Waals surface area contributed by atoms with Crippen LogP contribution in [0, 0.1) is 11.6 Å². The number of carboxylic acid groups (broad SMARTS) is 1. The van der Waals surface area contributed by atoms with Crippen molar-refractivity contribution in [1.29, 1.82) is 0 Å². The van der Waals surface area contributed by atoms with Crippen molar-refractivity contribution in [3.8, 4) is 11.9 Å². The van der Waals surface area contributed by atoms with Crippen LogP contribution in [0.5, 0.6) is 0 Å². The lowest BCUT2D eigenvalue weighted by molar-refractivity contribution is -0.192. The summed E-state index contributed by atoms with van der Waals surface area (Å²) in [6.45, 7) is 11.3. The second-order valence-electron chi connectivity index (χ2n) is 13.1. The Balaban J connectivity index is 0.000000181. The molecule has 8 rings (SSSR count). The molecule has 2 saturated heterocycles. The number of aromatic nitrogens is 8. The Morgan fingerprint density at radius 2 is 1.21 bits per heavy atom. The number of carbonyl (C=O) groups is 1. The number of rotatable bonds is 7. The Bertz CT molecular complexity index is 2220. The maximum absolute atomic E-state index is 13.7. The first-order chi connectivity index (χ1) is 26.4. The zero-order valence-electron chi connectivity index (χ0n) is 30.9. The van der Waals surface area contributed by atoms with Crippen molar-refractivity contribution < 1.29 is 40.9 Å². The van der Waals surface area contributed by atoms with Crippen molar-refractivity contribution in [2.24, 2.45) is 0 Å². The van der Waals surface area contributed by atoms with Crippen molar-refractivity contribution in [3.63, 3.8) is 0 Å². The molecule has 2 aliphatic heterocycles. The molecule has 0 aliphatic carbocycles. The highest BCUT2D eigenvalue weighted by atomic mass is 35.5. The molecule has 0 saturated carbocycles. The first-order valence-corrected chi connectivity index (χ1v) is 18.1. The molecular weight excluding hydrogens is 767 g/mol. The molecule has 0 atom stereocenters. The number of piperidine rings is 2. The highest BCUT2D eigenvalue weighted by molar-refractivity contribution is 5.85. The molecule has 2 aliphatic rings. The van der Waals surface area contributed by atoms with E-state index < -0.39 is 12.1 Å². The summed E-state index contributed by atoms with van der Waals surface area (Å²) in [7, 11) is 0. The minimum atomic E-state index is -5.08. The minimum Gasteiger partial charge on any atom is -0.475 e. The van der Waals surface area contributed by atoms with Gasteiger partial charge in [-0.15, -0.1) is 12.4 Å². The summed E-state index contributed by atoms with van der Waals surface area (Å²) in [5, 5.41) is 29.5. The molecule has 2 fully saturated rings. The lowest BCUT2D eigenvalue weighted by atomic mass is 9.97. The molecular formula is C36H42ClF5N10O4. The molecule has 0 amide bonds. The van der Waals surface area contributed by atoms with Crippen LogP contribution in [0.4, 0.5) is 22.0 Å². The fraction of sp³-hybridized carbons (Fsp3) is 0.472. The van der Waals surface area contributed by atoms with Gasteiger partial charge >= 0.3 is 12.1 Å². The van der Waals surface area contributed by atoms with Crippen LogP contribution in [0.15, 0.2) is 45.4 Å². The topological polar surface area (TPSA) is 166 Å². The minimum absolute atomic E-state index is 0. The summed E-state index contributed by atoms with van der Waals surface area (Å²) in [6, 6.07) is 9.34. The van der Waals surface area contributed by atoms with Crippen LogP contribution in [-0.4, -0.2) is 94.7 Å². The van der Waals surface area contributed by atoms with Crippen molar-refractivity contribution in [2.45, 2.75) is 77.3 Å². The van der Waals surface area contributed by atoms with Crippen LogP contribution in [0.1, 0.15) is 81.5 Å². The molecule has 56 heavy (non-hydrogen) atoms. The zero-order chi connectivity index (χ0) is 39.3. The van der Waals surface area contributed by atoms with Crippen molar-refractivity contribution in [1.82, 2.24) is 50.1 Å². The van der Waals surface area contributed by atoms with Gasteiger partial charge in [0.2, 0.25) is 11.8 Å². The Hall–Kier alpha value is -5.01. The highest BCUT2D eigenvalue weighted by Gasteiger charge is 2.38. The average Bonchev–Trinajstić information content (AvgIpc) is 4.00. The van der Waals surface area contributed by atoms with Crippen LogP contribution < -0.4 is 5.32 Å². The Labute approximate surface area is 323 Å². The van der Waals surface area contributed by atoms with Crippen molar-refractivity contribution in [2.75, 3.05) is 32.7 Å². The predicted octanol–water partition coefficient (Wildman–Crippen LogP) is 6.94. The number of hydrogen-bond acceptors (Lipinski definition) is 11. The first kappa shape index (κ1) is 42.1. The molecule has 14 nitrogen and oxygen atoms in total. The molecule has 0 bridgehead atoms. The zero-order valence-corrected chi connectivity index (χ0v) is 31.7. The van der Waals surface area contributed by atoms with Gasteiger partial charge in [-0.25, -0.2) is 13.6 Å². The van der Waals surface area contributed by atoms with Gasteiger partial charge in [0.05, 0.1) is 22.4 Å². The lowest BCUT2D eigenvalue weighted by Crippen LogP contribution is -2.32. The smallest absolute Gasteiger partial charge is 0.475 e. The van der Waals surface area contributed by atoms with E-state index in [-0.39, 0.29) is 35.9 Å². The molecule has 0 radical (unpaired) electrons. The van der Waals surface area contributed by atoms with Crippen LogP contribution >= 0.6 is 12.4 Å². The number of aliphatic carboxylic acids is 1. The Morgan fingerprint density at radius 1 is 0.786 bits per heavy atom. The van der Waals surface area contributed by atoms with E-state index in [1.54, 1.807) is 21.5 Å². The van der Waals surface area contributed by atoms with Crippen molar-refractivity contribution in [3.05, 3.63) is 71.2 Å². The normalized spacial score (nSPS) is 15.6. The number of fused-ring (bicyclic) bond motifs is 2. The molecule has 4 aromatic heterocycles. The number of hydrogen-bond donors (Lipinski definition) is 2. The molecule has 6 heterocycles. The molecule has 0 unspecified atom stereocenters. The van der Waals surface area contributed by atoms with Gasteiger partial charge < -0.3 is 24.4 Å². The summed E-state index contributed by atoms with van der Waals surface area (Å²) >= 11 is 0. The molecule has 6 aromatic rings. The number of nitrogens with one attached hydrogen (secondary N) is 1. The van der Waals surface area contributed by atoms with Gasteiger partial charge in [0.15, 0.2) is 0 Å². The van der Waals surface area contributed by atoms with E-state index in [1.165, 1.54) is 24.3 Å². The molecule has 2 aromatic carbocycles. The fourth-order valence-electron chi connectivity index (χ4n) is 6.65. The fourth-order valence-corrected chi connectivity index (χ4v) is 6.65. The lowest BCUT2D eigenvalue weighted by Gasteiger charge is -2.28. The second-order valence-corrected chi connectivity index (χ2v) is 13.1. The molecule has 0 spiro atoms. The number of aryl methyl sites for hydroxylation is 2. The summed E-state index contributed by atoms with van der Waals surface area (Å²) in [5.41, 5.74) is 3.13. The molecule has 20 heteroatoms. The van der Waals surface area contributed by atoms with E-state index in [0.717, 1.165) is 93.4 Å². The van der Waals surface area contributed by atoms with Gasteiger partial charge in [0, 0.05) is 34.7 Å². The van der Waals surface area contributed by atoms with Gasteiger partial charge in [-0.2, -0.15) is 42.7 Å². The number of carboxylic acids is 1. The Kier molecular flexibility index (Phi) is 13.8. The third-order valence-corrected chi connectivity index (χ3v) is 9.66. The average molecular weight is 809 g/mol. The number of benzene rings is 2. The number of alkyl halides is 3. The van der Waals surface area contributed by atoms with Crippen LogP contribution in [-0.2, 0) is 17.6 Å². The van der Waals surface area contributed by atoms with Crippen LogP contribution in [0.25, 0.3) is 33.7 Å². The summed E-state index contributed by atoms with van der Waals surface area (Å²) in [6.07, 6.45) is 0.435. The van der Waals surface area contributed by atoms with Gasteiger partial charge in [-0.05, 0) is 106 Å². The van der Waals surface area contributed by atoms with Gasteiger partial charge in [0.25, 0.3) is 11.9 Å². The summed E-state index contributed by atoms with van der Waals surface area (Å²) in [4.78, 5) is 20.4. The maximum Gasteiger partial charge on any atom is 0.490 e. The first-order valence-electron chi connectivity index (χ1n) is 18.1. The molecule has 302 valence electrons. The van der Waals surface area contributed by atoms with E-state index in [1.807, 2.05) is 13.8 Å². The SMILES string of the molecule is CCc1nn(-c2noc(C3CCN(CC)CC3)n2)c2cc(F)ccc12.CCc1nn(-c2noc(C3CCNCC3)n2)c2cc(F)ccc12.Cl.O=C(O)C(F)(F)F. The van der Waals surface area contributed by atoms with Crippen LogP contribution in [0.3, 0.4) is 0 Å². The Morgan fingerprint density at radius 3 is 1.61 bits per heavy atom. The van der Waals surface area contributed by atoms with E-state index in [4.69, 9.17) is 18.9 Å². The van der Waals surface area contributed by atoms with E-state index in [9.17, 15) is 22.0 Å². The van der Waals surface area contributed by atoms with Crippen molar-refractivity contribution >= 4 is 40.2 Å². The van der Waals surface area contributed by atoms with E-state index in [0.29, 0.717) is 34.7 Å². The number of likely N-dealkylation sites (tertiary alicyclic amines) is 1. The van der Waals surface area contributed by atoms with E-state index >= 15 is 0 Å². The number of halogens is 6. The maximum atomic E-state index is 13.7. The van der Waals surface area contributed by atoms with Gasteiger partial charge in [-0.3, -0.25) is 0 Å².